The number of anilines is 1. The molecule has 5 heteroatoms. The molecule has 0 saturated carbocycles. The Labute approximate surface area is 125 Å². The first kappa shape index (κ1) is 15.3. The van der Waals surface area contributed by atoms with Gasteiger partial charge in [0.2, 0.25) is 0 Å². The zero-order valence-electron chi connectivity index (χ0n) is 12.8. The van der Waals surface area contributed by atoms with Gasteiger partial charge in [0, 0.05) is 19.2 Å². The van der Waals surface area contributed by atoms with Crippen LogP contribution in [0.15, 0.2) is 35.3 Å². The van der Waals surface area contributed by atoms with Crippen molar-refractivity contribution in [1.29, 1.82) is 0 Å². The maximum absolute atomic E-state index is 12.1. The maximum Gasteiger partial charge on any atom is 0.269 e. The van der Waals surface area contributed by atoms with Crippen LogP contribution in [-0.2, 0) is 6.54 Å². The SMILES string of the molecule is CNCCNc1cnn(Cc2c(C)cccc2C)c(=O)c1. The zero-order valence-corrected chi connectivity index (χ0v) is 12.8. The average Bonchev–Trinajstić information content (AvgIpc) is 2.45. The summed E-state index contributed by atoms with van der Waals surface area (Å²) in [5, 5.41) is 10.5. The molecule has 0 aliphatic carbocycles. The molecule has 2 N–H and O–H groups in total. The van der Waals surface area contributed by atoms with Gasteiger partial charge in [0.25, 0.3) is 5.56 Å². The molecule has 1 heterocycles. The van der Waals surface area contributed by atoms with Gasteiger partial charge in [0.05, 0.1) is 18.4 Å². The highest BCUT2D eigenvalue weighted by atomic mass is 16.1. The van der Waals surface area contributed by atoms with E-state index in [9.17, 15) is 4.79 Å². The summed E-state index contributed by atoms with van der Waals surface area (Å²) in [5.74, 6) is 0. The number of benzene rings is 1. The van der Waals surface area contributed by atoms with Crippen molar-refractivity contribution >= 4 is 5.69 Å². The highest BCUT2D eigenvalue weighted by molar-refractivity contribution is 5.39. The van der Waals surface area contributed by atoms with Crippen molar-refractivity contribution in [3.05, 3.63) is 57.5 Å². The highest BCUT2D eigenvalue weighted by Crippen LogP contribution is 2.13. The van der Waals surface area contributed by atoms with E-state index in [1.165, 1.54) is 15.8 Å². The Morgan fingerprint density at radius 1 is 1.19 bits per heavy atom. The molecule has 2 rings (SSSR count). The number of likely N-dealkylation sites (N-methyl/N-ethyl adjacent to an activating group) is 1. The van der Waals surface area contributed by atoms with E-state index in [1.54, 1.807) is 12.3 Å². The fraction of sp³-hybridized carbons (Fsp3) is 0.375. The Kier molecular flexibility index (Phi) is 5.11. The van der Waals surface area contributed by atoms with E-state index < -0.39 is 0 Å². The van der Waals surface area contributed by atoms with Gasteiger partial charge < -0.3 is 10.6 Å². The predicted octanol–water partition coefficient (Wildman–Crippen LogP) is 1.54. The van der Waals surface area contributed by atoms with E-state index in [-0.39, 0.29) is 5.56 Å². The number of aryl methyl sites for hydroxylation is 2. The van der Waals surface area contributed by atoms with Gasteiger partial charge in [-0.2, -0.15) is 5.10 Å². The lowest BCUT2D eigenvalue weighted by atomic mass is 10.0. The molecule has 1 aromatic carbocycles. The van der Waals surface area contributed by atoms with Gasteiger partial charge in [-0.15, -0.1) is 0 Å². The number of nitrogens with zero attached hydrogens (tertiary/aromatic N) is 2. The molecular formula is C16H22N4O. The number of rotatable bonds is 6. The van der Waals surface area contributed by atoms with Crippen LogP contribution >= 0.6 is 0 Å². The lowest BCUT2D eigenvalue weighted by molar-refractivity contribution is 0.635. The van der Waals surface area contributed by atoms with Crippen molar-refractivity contribution in [2.24, 2.45) is 0 Å². The molecule has 0 fully saturated rings. The van der Waals surface area contributed by atoms with Crippen LogP contribution in [-0.4, -0.2) is 29.9 Å². The molecule has 0 saturated heterocycles. The molecule has 0 amide bonds. The van der Waals surface area contributed by atoms with Crippen LogP contribution in [0.4, 0.5) is 5.69 Å². The van der Waals surface area contributed by atoms with Crippen molar-refractivity contribution < 1.29 is 0 Å². The van der Waals surface area contributed by atoms with Crippen LogP contribution in [0.2, 0.25) is 0 Å². The standard InChI is InChI=1S/C16H22N4O/c1-12-5-4-6-13(2)15(12)11-20-16(21)9-14(10-19-20)18-8-7-17-3/h4-6,9-10,17-18H,7-8,11H2,1-3H3. The van der Waals surface area contributed by atoms with Crippen LogP contribution in [0.1, 0.15) is 16.7 Å². The van der Waals surface area contributed by atoms with Gasteiger partial charge in [0.1, 0.15) is 0 Å². The van der Waals surface area contributed by atoms with Gasteiger partial charge in [-0.05, 0) is 37.6 Å². The summed E-state index contributed by atoms with van der Waals surface area (Å²) >= 11 is 0. The minimum atomic E-state index is -0.0906. The first-order valence-electron chi connectivity index (χ1n) is 7.12. The van der Waals surface area contributed by atoms with E-state index >= 15 is 0 Å². The van der Waals surface area contributed by atoms with E-state index in [1.807, 2.05) is 13.1 Å². The molecule has 0 spiro atoms. The molecule has 0 aliphatic heterocycles. The van der Waals surface area contributed by atoms with Crippen molar-refractivity contribution in [2.45, 2.75) is 20.4 Å². The second-order valence-corrected chi connectivity index (χ2v) is 5.14. The van der Waals surface area contributed by atoms with Crippen LogP contribution in [0, 0.1) is 13.8 Å². The monoisotopic (exact) mass is 286 g/mol. The molecular weight excluding hydrogens is 264 g/mol. The molecule has 0 unspecified atom stereocenters. The summed E-state index contributed by atoms with van der Waals surface area (Å²) in [6.45, 7) is 6.22. The van der Waals surface area contributed by atoms with Crippen LogP contribution in [0.25, 0.3) is 0 Å². The summed E-state index contributed by atoms with van der Waals surface area (Å²) in [4.78, 5) is 12.1. The second kappa shape index (κ2) is 7.04. The number of nitrogens with one attached hydrogen (secondary N) is 2. The van der Waals surface area contributed by atoms with Crippen molar-refractivity contribution in [3.63, 3.8) is 0 Å². The van der Waals surface area contributed by atoms with Gasteiger partial charge >= 0.3 is 0 Å². The molecule has 2 aromatic rings. The highest BCUT2D eigenvalue weighted by Gasteiger charge is 2.06. The van der Waals surface area contributed by atoms with Gasteiger partial charge in [-0.25, -0.2) is 4.68 Å². The van der Waals surface area contributed by atoms with E-state index in [0.717, 1.165) is 24.3 Å². The topological polar surface area (TPSA) is 59.0 Å². The van der Waals surface area contributed by atoms with Crippen molar-refractivity contribution in [2.75, 3.05) is 25.5 Å². The molecule has 0 bridgehead atoms. The third kappa shape index (κ3) is 3.92. The van der Waals surface area contributed by atoms with E-state index in [0.29, 0.717) is 6.54 Å². The zero-order chi connectivity index (χ0) is 15.2. The summed E-state index contributed by atoms with van der Waals surface area (Å²) in [6.07, 6.45) is 1.70. The number of aromatic nitrogens is 2. The molecule has 5 nitrogen and oxygen atoms in total. The summed E-state index contributed by atoms with van der Waals surface area (Å²) in [6, 6.07) is 7.73. The van der Waals surface area contributed by atoms with Gasteiger partial charge in [-0.3, -0.25) is 4.79 Å². The third-order valence-corrected chi connectivity index (χ3v) is 3.53. The molecule has 112 valence electrons. The third-order valence-electron chi connectivity index (χ3n) is 3.53. The first-order chi connectivity index (χ1) is 10.1. The number of hydrogen-bond donors (Lipinski definition) is 2. The lowest BCUT2D eigenvalue weighted by Gasteiger charge is -2.11. The average molecular weight is 286 g/mol. The lowest BCUT2D eigenvalue weighted by Crippen LogP contribution is -2.25. The van der Waals surface area contributed by atoms with E-state index in [4.69, 9.17) is 0 Å². The van der Waals surface area contributed by atoms with Crippen LogP contribution in [0.5, 0.6) is 0 Å². The molecule has 21 heavy (non-hydrogen) atoms. The summed E-state index contributed by atoms with van der Waals surface area (Å²) < 4.78 is 1.50. The van der Waals surface area contributed by atoms with E-state index in [2.05, 4.69) is 41.7 Å². The minimum Gasteiger partial charge on any atom is -0.382 e. The Morgan fingerprint density at radius 3 is 2.52 bits per heavy atom. The fourth-order valence-electron chi connectivity index (χ4n) is 2.23. The predicted molar refractivity (Wildman–Crippen MR) is 85.9 cm³/mol. The largest absolute Gasteiger partial charge is 0.382 e. The quantitative estimate of drug-likeness (QED) is 0.791. The van der Waals surface area contributed by atoms with Crippen LogP contribution in [0.3, 0.4) is 0 Å². The van der Waals surface area contributed by atoms with Crippen molar-refractivity contribution in [3.8, 4) is 0 Å². The summed E-state index contributed by atoms with van der Waals surface area (Å²) in [5.41, 5.74) is 4.18. The number of hydrogen-bond acceptors (Lipinski definition) is 4. The molecule has 0 aliphatic rings. The van der Waals surface area contributed by atoms with Crippen molar-refractivity contribution in [1.82, 2.24) is 15.1 Å². The normalized spacial score (nSPS) is 10.6. The molecule has 1 aromatic heterocycles. The van der Waals surface area contributed by atoms with Gasteiger partial charge in [0.15, 0.2) is 0 Å². The fourth-order valence-corrected chi connectivity index (χ4v) is 2.23. The van der Waals surface area contributed by atoms with Gasteiger partial charge in [-0.1, -0.05) is 18.2 Å². The maximum atomic E-state index is 12.1. The Balaban J connectivity index is 2.16. The Morgan fingerprint density at radius 2 is 1.90 bits per heavy atom. The molecule has 0 radical (unpaired) electrons. The second-order valence-electron chi connectivity index (χ2n) is 5.14. The first-order valence-corrected chi connectivity index (χ1v) is 7.12. The molecule has 0 atom stereocenters. The summed E-state index contributed by atoms with van der Waals surface area (Å²) in [7, 11) is 1.89. The Bertz CT molecular complexity index is 643. The Hall–Kier alpha value is -2.14. The smallest absolute Gasteiger partial charge is 0.269 e. The minimum absolute atomic E-state index is 0.0906. The van der Waals surface area contributed by atoms with Crippen LogP contribution < -0.4 is 16.2 Å².